The summed E-state index contributed by atoms with van der Waals surface area (Å²) in [6, 6.07) is 5.59. The first-order valence-electron chi connectivity index (χ1n) is 9.67. The number of aromatic amines is 1. The van der Waals surface area contributed by atoms with Crippen molar-refractivity contribution in [2.75, 3.05) is 20.1 Å². The Morgan fingerprint density at radius 2 is 1.96 bits per heavy atom. The second kappa shape index (κ2) is 7.08. The van der Waals surface area contributed by atoms with Gasteiger partial charge in [-0.25, -0.2) is 4.98 Å². The molecule has 2 aromatic heterocycles. The fraction of sp³-hybridized carbons (Fsp3) is 0.667. The summed E-state index contributed by atoms with van der Waals surface area (Å²) in [7, 11) is 2.29. The molecule has 3 heterocycles. The molecule has 138 valence electrons. The van der Waals surface area contributed by atoms with Gasteiger partial charge in [-0.15, -0.1) is 0 Å². The molecular weight excluding hydrogens is 308 g/mol. The van der Waals surface area contributed by atoms with Gasteiger partial charge in [-0.1, -0.05) is 20.8 Å². The maximum Gasteiger partial charge on any atom is 0.137 e. The predicted octanol–water partition coefficient (Wildman–Crippen LogP) is 4.17. The first kappa shape index (κ1) is 18.4. The molecule has 2 aromatic rings. The summed E-state index contributed by atoms with van der Waals surface area (Å²) in [6.07, 6.45) is 4.40. The zero-order valence-electron chi connectivity index (χ0n) is 16.8. The highest BCUT2D eigenvalue weighted by Gasteiger charge is 2.27. The minimum absolute atomic E-state index is 0.0951. The normalized spacial score (nSPS) is 17.9. The molecule has 0 atom stereocenters. The Morgan fingerprint density at radius 1 is 1.28 bits per heavy atom. The van der Waals surface area contributed by atoms with Crippen LogP contribution >= 0.6 is 0 Å². The van der Waals surface area contributed by atoms with Crippen LogP contribution in [0.25, 0.3) is 11.0 Å². The molecule has 0 aliphatic carbocycles. The van der Waals surface area contributed by atoms with E-state index < -0.39 is 0 Å². The van der Waals surface area contributed by atoms with Crippen molar-refractivity contribution >= 4 is 11.0 Å². The van der Waals surface area contributed by atoms with Gasteiger partial charge in [0.25, 0.3) is 0 Å². The van der Waals surface area contributed by atoms with Crippen LogP contribution in [0.1, 0.15) is 58.7 Å². The molecule has 4 nitrogen and oxygen atoms in total. The fourth-order valence-corrected chi connectivity index (χ4v) is 4.10. The van der Waals surface area contributed by atoms with Crippen LogP contribution in [0.15, 0.2) is 18.3 Å². The van der Waals surface area contributed by atoms with E-state index in [0.29, 0.717) is 12.1 Å². The molecule has 0 amide bonds. The van der Waals surface area contributed by atoms with Gasteiger partial charge >= 0.3 is 0 Å². The van der Waals surface area contributed by atoms with Gasteiger partial charge in [0.1, 0.15) is 5.65 Å². The number of likely N-dealkylation sites (tertiary alicyclic amines) is 1. The molecule has 0 aromatic carbocycles. The molecule has 1 saturated heterocycles. The largest absolute Gasteiger partial charge is 0.342 e. The summed E-state index contributed by atoms with van der Waals surface area (Å²) in [5.41, 5.74) is 3.86. The Morgan fingerprint density at radius 3 is 2.56 bits per heavy atom. The molecular formula is C21H34N4. The molecule has 0 radical (unpaired) electrons. The van der Waals surface area contributed by atoms with E-state index in [0.717, 1.165) is 12.2 Å². The van der Waals surface area contributed by atoms with Gasteiger partial charge in [0.15, 0.2) is 0 Å². The summed E-state index contributed by atoms with van der Waals surface area (Å²) in [5, 5.41) is 1.28. The van der Waals surface area contributed by atoms with Crippen molar-refractivity contribution in [3.63, 3.8) is 0 Å². The summed E-state index contributed by atoms with van der Waals surface area (Å²) in [5.74, 6) is 0. The molecule has 0 bridgehead atoms. The average Bonchev–Trinajstić information content (AvgIpc) is 2.94. The van der Waals surface area contributed by atoms with Crippen LogP contribution in [0, 0.1) is 0 Å². The first-order valence-corrected chi connectivity index (χ1v) is 9.67. The SMILES string of the molecule is CC(C)N1CCC(N(C)Cc2c(C(C)(C)C)[nH]c3ncccc23)CC1. The third-order valence-electron chi connectivity index (χ3n) is 5.69. The molecule has 3 rings (SSSR count). The average molecular weight is 343 g/mol. The van der Waals surface area contributed by atoms with Gasteiger partial charge in [0, 0.05) is 41.3 Å². The molecule has 1 fully saturated rings. The Labute approximate surface area is 152 Å². The van der Waals surface area contributed by atoms with E-state index in [2.05, 4.69) is 67.5 Å². The summed E-state index contributed by atoms with van der Waals surface area (Å²) >= 11 is 0. The van der Waals surface area contributed by atoms with Crippen LogP contribution in [0.4, 0.5) is 0 Å². The number of rotatable bonds is 4. The van der Waals surface area contributed by atoms with Gasteiger partial charge in [-0.3, -0.25) is 4.90 Å². The second-order valence-electron chi connectivity index (χ2n) is 8.90. The first-order chi connectivity index (χ1) is 11.8. The number of H-pyrrole nitrogens is 1. The second-order valence-corrected chi connectivity index (χ2v) is 8.90. The van der Waals surface area contributed by atoms with Crippen molar-refractivity contribution in [1.29, 1.82) is 0 Å². The minimum Gasteiger partial charge on any atom is -0.342 e. The predicted molar refractivity (Wildman–Crippen MR) is 106 cm³/mol. The quantitative estimate of drug-likeness (QED) is 0.906. The lowest BCUT2D eigenvalue weighted by Gasteiger charge is -2.38. The number of piperidine rings is 1. The molecule has 1 N–H and O–H groups in total. The molecule has 0 unspecified atom stereocenters. The van der Waals surface area contributed by atoms with E-state index >= 15 is 0 Å². The van der Waals surface area contributed by atoms with Crippen LogP contribution in [0.2, 0.25) is 0 Å². The van der Waals surface area contributed by atoms with E-state index in [4.69, 9.17) is 0 Å². The van der Waals surface area contributed by atoms with Crippen molar-refractivity contribution in [3.05, 3.63) is 29.6 Å². The van der Waals surface area contributed by atoms with Crippen LogP contribution < -0.4 is 0 Å². The number of hydrogen-bond acceptors (Lipinski definition) is 3. The minimum atomic E-state index is 0.0951. The number of aromatic nitrogens is 2. The maximum absolute atomic E-state index is 4.54. The van der Waals surface area contributed by atoms with Gasteiger partial charge < -0.3 is 9.88 Å². The van der Waals surface area contributed by atoms with E-state index in [9.17, 15) is 0 Å². The van der Waals surface area contributed by atoms with Crippen LogP contribution in [0.5, 0.6) is 0 Å². The van der Waals surface area contributed by atoms with Gasteiger partial charge in [0.05, 0.1) is 0 Å². The highest BCUT2D eigenvalue weighted by atomic mass is 15.2. The molecule has 4 heteroatoms. The third kappa shape index (κ3) is 3.90. The lowest BCUT2D eigenvalue weighted by Crippen LogP contribution is -2.45. The maximum atomic E-state index is 4.54. The number of hydrogen-bond donors (Lipinski definition) is 1. The van der Waals surface area contributed by atoms with Crippen LogP contribution in [-0.2, 0) is 12.0 Å². The third-order valence-corrected chi connectivity index (χ3v) is 5.69. The lowest BCUT2D eigenvalue weighted by molar-refractivity contribution is 0.104. The van der Waals surface area contributed by atoms with Crippen molar-refractivity contribution < 1.29 is 0 Å². The van der Waals surface area contributed by atoms with Crippen molar-refractivity contribution in [3.8, 4) is 0 Å². The van der Waals surface area contributed by atoms with Crippen LogP contribution in [-0.4, -0.2) is 52.0 Å². The topological polar surface area (TPSA) is 35.2 Å². The van der Waals surface area contributed by atoms with E-state index in [1.54, 1.807) is 0 Å². The van der Waals surface area contributed by atoms with Gasteiger partial charge in [-0.2, -0.15) is 0 Å². The van der Waals surface area contributed by atoms with E-state index in [1.165, 1.54) is 42.6 Å². The smallest absolute Gasteiger partial charge is 0.137 e. The summed E-state index contributed by atoms with van der Waals surface area (Å²) in [4.78, 5) is 13.3. The number of fused-ring (bicyclic) bond motifs is 1. The Hall–Kier alpha value is -1.39. The molecule has 0 saturated carbocycles. The van der Waals surface area contributed by atoms with Crippen LogP contribution in [0.3, 0.4) is 0 Å². The highest BCUT2D eigenvalue weighted by molar-refractivity contribution is 5.81. The molecule has 25 heavy (non-hydrogen) atoms. The molecule has 1 aliphatic heterocycles. The van der Waals surface area contributed by atoms with E-state index in [-0.39, 0.29) is 5.41 Å². The summed E-state index contributed by atoms with van der Waals surface area (Å²) in [6.45, 7) is 14.9. The number of nitrogens with one attached hydrogen (secondary N) is 1. The van der Waals surface area contributed by atoms with Crippen molar-refractivity contribution in [1.82, 2.24) is 19.8 Å². The molecule has 1 aliphatic rings. The zero-order chi connectivity index (χ0) is 18.2. The molecule has 0 spiro atoms. The standard InChI is InChI=1S/C21H34N4/c1-15(2)25-12-9-16(10-13-25)24(6)14-18-17-8-7-11-22-20(17)23-19(18)21(3,4)5/h7-8,11,15-16H,9-10,12-14H2,1-6H3,(H,22,23). The van der Waals surface area contributed by atoms with Gasteiger partial charge in [-0.05, 0) is 64.5 Å². The number of pyridine rings is 1. The Kier molecular flexibility index (Phi) is 5.21. The number of nitrogens with zero attached hydrogens (tertiary/aromatic N) is 3. The summed E-state index contributed by atoms with van der Waals surface area (Å²) < 4.78 is 0. The van der Waals surface area contributed by atoms with Crippen molar-refractivity contribution in [2.45, 2.75) is 71.5 Å². The van der Waals surface area contributed by atoms with E-state index in [1.807, 2.05) is 12.3 Å². The lowest BCUT2D eigenvalue weighted by atomic mass is 9.88. The van der Waals surface area contributed by atoms with Crippen molar-refractivity contribution in [2.24, 2.45) is 0 Å². The fourth-order valence-electron chi connectivity index (χ4n) is 4.10. The highest BCUT2D eigenvalue weighted by Crippen LogP contribution is 2.32. The Bertz CT molecular complexity index is 702. The van der Waals surface area contributed by atoms with Gasteiger partial charge in [0.2, 0.25) is 0 Å². The monoisotopic (exact) mass is 342 g/mol. The Balaban J connectivity index is 1.80. The zero-order valence-corrected chi connectivity index (χ0v) is 16.8.